The Morgan fingerprint density at radius 1 is 1.17 bits per heavy atom. The van der Waals surface area contributed by atoms with Gasteiger partial charge in [-0.25, -0.2) is 0 Å². The summed E-state index contributed by atoms with van der Waals surface area (Å²) < 4.78 is 0. The van der Waals surface area contributed by atoms with Gasteiger partial charge in [-0.1, -0.05) is 17.7 Å². The van der Waals surface area contributed by atoms with Crippen LogP contribution in [0.4, 0.5) is 5.69 Å². The predicted molar refractivity (Wildman–Crippen MR) is 75.7 cm³/mol. The smallest absolute Gasteiger partial charge is 0.0471 e. The zero-order chi connectivity index (χ0) is 12.5. The van der Waals surface area contributed by atoms with Gasteiger partial charge in [-0.3, -0.25) is 9.80 Å². The maximum atomic E-state index is 6.22. The molecule has 0 unspecified atom stereocenters. The van der Waals surface area contributed by atoms with E-state index in [9.17, 15) is 0 Å². The Morgan fingerprint density at radius 2 is 1.89 bits per heavy atom. The summed E-state index contributed by atoms with van der Waals surface area (Å²) in [5, 5.41) is 0.791. The topological polar surface area (TPSA) is 32.5 Å². The van der Waals surface area contributed by atoms with Crippen LogP contribution in [0, 0.1) is 0 Å². The van der Waals surface area contributed by atoms with Crippen LogP contribution in [0.5, 0.6) is 0 Å². The number of halogens is 1. The number of hydrogen-bond acceptors (Lipinski definition) is 3. The van der Waals surface area contributed by atoms with Crippen molar-refractivity contribution in [3.8, 4) is 0 Å². The largest absolute Gasteiger partial charge is 0.398 e. The van der Waals surface area contributed by atoms with Crippen LogP contribution in [0.1, 0.15) is 18.4 Å². The lowest BCUT2D eigenvalue weighted by atomic mass is 10.1. The van der Waals surface area contributed by atoms with Crippen LogP contribution in [0.3, 0.4) is 0 Å². The molecule has 0 spiro atoms. The zero-order valence-electron chi connectivity index (χ0n) is 10.6. The molecule has 4 heteroatoms. The minimum absolute atomic E-state index is 0.791. The average molecular weight is 266 g/mol. The number of nitrogens with two attached hydrogens (primary N) is 1. The van der Waals surface area contributed by atoms with E-state index in [1.807, 2.05) is 18.2 Å². The molecule has 1 aromatic carbocycles. The van der Waals surface area contributed by atoms with E-state index in [0.717, 1.165) is 41.9 Å². The molecule has 2 N–H and O–H groups in total. The Kier molecular flexibility index (Phi) is 3.46. The molecule has 3 rings (SSSR count). The zero-order valence-corrected chi connectivity index (χ0v) is 11.4. The number of nitrogens with zero attached hydrogens (tertiary/aromatic N) is 2. The van der Waals surface area contributed by atoms with Crippen LogP contribution in [0.2, 0.25) is 5.02 Å². The van der Waals surface area contributed by atoms with Gasteiger partial charge in [0.25, 0.3) is 0 Å². The fourth-order valence-corrected chi connectivity index (χ4v) is 2.93. The third-order valence-electron chi connectivity index (χ3n) is 4.01. The van der Waals surface area contributed by atoms with Crippen molar-refractivity contribution in [3.63, 3.8) is 0 Å². The molecule has 1 saturated heterocycles. The first-order chi connectivity index (χ1) is 8.74. The number of rotatable bonds is 3. The van der Waals surface area contributed by atoms with Gasteiger partial charge in [0.2, 0.25) is 0 Å². The molecule has 3 nitrogen and oxygen atoms in total. The molecular formula is C14H20ClN3. The summed E-state index contributed by atoms with van der Waals surface area (Å²) in [6, 6.07) is 6.65. The van der Waals surface area contributed by atoms with Gasteiger partial charge in [-0.2, -0.15) is 0 Å². The second kappa shape index (κ2) is 5.08. The fourth-order valence-electron chi connectivity index (χ4n) is 2.69. The molecule has 0 amide bonds. The Bertz CT molecular complexity index is 403. The molecule has 0 bridgehead atoms. The van der Waals surface area contributed by atoms with Crippen molar-refractivity contribution in [2.75, 3.05) is 31.9 Å². The molecule has 2 fully saturated rings. The lowest BCUT2D eigenvalue weighted by Crippen LogP contribution is -2.46. The van der Waals surface area contributed by atoms with Crippen molar-refractivity contribution in [2.24, 2.45) is 0 Å². The van der Waals surface area contributed by atoms with Gasteiger partial charge in [-0.05, 0) is 25.0 Å². The summed E-state index contributed by atoms with van der Waals surface area (Å²) in [6.07, 6.45) is 2.80. The van der Waals surface area contributed by atoms with Crippen LogP contribution in [0.15, 0.2) is 18.2 Å². The first-order valence-electron chi connectivity index (χ1n) is 6.73. The van der Waals surface area contributed by atoms with Crippen molar-refractivity contribution in [1.82, 2.24) is 9.80 Å². The van der Waals surface area contributed by atoms with Gasteiger partial charge in [0, 0.05) is 55.0 Å². The van der Waals surface area contributed by atoms with Crippen molar-refractivity contribution >= 4 is 17.3 Å². The number of anilines is 1. The molecule has 1 saturated carbocycles. The molecule has 0 aromatic heterocycles. The SMILES string of the molecule is Nc1cccc(Cl)c1CN1CCN(C2CC2)CC1. The van der Waals surface area contributed by atoms with Gasteiger partial charge in [0.1, 0.15) is 0 Å². The minimum atomic E-state index is 0.791. The van der Waals surface area contributed by atoms with Crippen LogP contribution in [-0.2, 0) is 6.54 Å². The fraction of sp³-hybridized carbons (Fsp3) is 0.571. The average Bonchev–Trinajstić information content (AvgIpc) is 3.19. The lowest BCUT2D eigenvalue weighted by Gasteiger charge is -2.35. The highest BCUT2D eigenvalue weighted by molar-refractivity contribution is 6.31. The first kappa shape index (κ1) is 12.3. The summed E-state index contributed by atoms with van der Waals surface area (Å²) in [5.41, 5.74) is 7.90. The molecule has 1 aliphatic heterocycles. The molecule has 1 aliphatic carbocycles. The van der Waals surface area contributed by atoms with E-state index in [1.54, 1.807) is 0 Å². The van der Waals surface area contributed by atoms with E-state index in [2.05, 4.69) is 9.80 Å². The molecule has 1 heterocycles. The third-order valence-corrected chi connectivity index (χ3v) is 4.36. The highest BCUT2D eigenvalue weighted by atomic mass is 35.5. The predicted octanol–water partition coefficient (Wildman–Crippen LogP) is 2.20. The number of piperazine rings is 1. The Morgan fingerprint density at radius 3 is 2.50 bits per heavy atom. The molecule has 1 aromatic rings. The third kappa shape index (κ3) is 2.63. The second-order valence-electron chi connectivity index (χ2n) is 5.35. The van der Waals surface area contributed by atoms with Crippen LogP contribution in [-0.4, -0.2) is 42.0 Å². The Balaban J connectivity index is 1.60. The highest BCUT2D eigenvalue weighted by Gasteiger charge is 2.31. The summed E-state index contributed by atoms with van der Waals surface area (Å²) >= 11 is 6.22. The van der Waals surface area contributed by atoms with Crippen molar-refractivity contribution in [3.05, 3.63) is 28.8 Å². The van der Waals surface area contributed by atoms with Gasteiger partial charge in [0.05, 0.1) is 0 Å². The maximum Gasteiger partial charge on any atom is 0.0471 e. The number of nitrogen functional groups attached to an aromatic ring is 1. The van der Waals surface area contributed by atoms with Crippen LogP contribution >= 0.6 is 11.6 Å². The molecule has 2 aliphatic rings. The Labute approximate surface area is 114 Å². The summed E-state index contributed by atoms with van der Waals surface area (Å²) in [7, 11) is 0. The lowest BCUT2D eigenvalue weighted by molar-refractivity contribution is 0.121. The first-order valence-corrected chi connectivity index (χ1v) is 7.11. The van der Waals surface area contributed by atoms with Crippen molar-refractivity contribution < 1.29 is 0 Å². The molecule has 18 heavy (non-hydrogen) atoms. The minimum Gasteiger partial charge on any atom is -0.398 e. The Hall–Kier alpha value is -0.770. The maximum absolute atomic E-state index is 6.22. The van der Waals surface area contributed by atoms with E-state index >= 15 is 0 Å². The number of benzene rings is 1. The van der Waals surface area contributed by atoms with E-state index < -0.39 is 0 Å². The van der Waals surface area contributed by atoms with E-state index in [-0.39, 0.29) is 0 Å². The highest BCUT2D eigenvalue weighted by Crippen LogP contribution is 2.28. The van der Waals surface area contributed by atoms with Crippen LogP contribution < -0.4 is 5.73 Å². The molecule has 0 atom stereocenters. The monoisotopic (exact) mass is 265 g/mol. The quantitative estimate of drug-likeness (QED) is 0.851. The van der Waals surface area contributed by atoms with E-state index in [4.69, 9.17) is 17.3 Å². The molecular weight excluding hydrogens is 246 g/mol. The van der Waals surface area contributed by atoms with Crippen molar-refractivity contribution in [2.45, 2.75) is 25.4 Å². The number of hydrogen-bond donors (Lipinski definition) is 1. The molecule has 98 valence electrons. The van der Waals surface area contributed by atoms with Crippen molar-refractivity contribution in [1.29, 1.82) is 0 Å². The summed E-state index contributed by atoms with van der Waals surface area (Å²) in [6.45, 7) is 5.51. The second-order valence-corrected chi connectivity index (χ2v) is 5.76. The van der Waals surface area contributed by atoms with E-state index in [1.165, 1.54) is 25.9 Å². The van der Waals surface area contributed by atoms with E-state index in [0.29, 0.717) is 0 Å². The molecule has 0 radical (unpaired) electrons. The normalized spacial score (nSPS) is 22.3. The van der Waals surface area contributed by atoms with Gasteiger partial charge < -0.3 is 5.73 Å². The standard InChI is InChI=1S/C14H20ClN3/c15-13-2-1-3-14(16)12(13)10-17-6-8-18(9-7-17)11-4-5-11/h1-3,11H,4-10,16H2. The van der Waals surface area contributed by atoms with Gasteiger partial charge in [-0.15, -0.1) is 0 Å². The van der Waals surface area contributed by atoms with Gasteiger partial charge >= 0.3 is 0 Å². The van der Waals surface area contributed by atoms with Crippen LogP contribution in [0.25, 0.3) is 0 Å². The summed E-state index contributed by atoms with van der Waals surface area (Å²) in [4.78, 5) is 5.07. The summed E-state index contributed by atoms with van der Waals surface area (Å²) in [5.74, 6) is 0. The van der Waals surface area contributed by atoms with Gasteiger partial charge in [0.15, 0.2) is 0 Å².